The molecule has 0 atom stereocenters. The van der Waals surface area contributed by atoms with Crippen molar-refractivity contribution in [2.75, 3.05) is 32.1 Å². The first-order valence-corrected chi connectivity index (χ1v) is 9.42. The van der Waals surface area contributed by atoms with Gasteiger partial charge in [0.2, 0.25) is 5.91 Å². The number of methoxy groups -OCH3 is 1. The molecule has 1 aromatic carbocycles. The summed E-state index contributed by atoms with van der Waals surface area (Å²) in [6.07, 6.45) is 3.13. The van der Waals surface area contributed by atoms with E-state index in [0.29, 0.717) is 24.4 Å². The molecule has 1 saturated heterocycles. The first kappa shape index (κ1) is 25.8. The van der Waals surface area contributed by atoms with Crippen molar-refractivity contribution in [1.29, 1.82) is 0 Å². The van der Waals surface area contributed by atoms with E-state index in [0.717, 1.165) is 31.6 Å². The van der Waals surface area contributed by atoms with Crippen LogP contribution in [0.3, 0.4) is 0 Å². The monoisotopic (exact) mass is 454 g/mol. The molecule has 0 spiro atoms. The summed E-state index contributed by atoms with van der Waals surface area (Å²) in [5.41, 5.74) is 1.33. The molecular formula is C21H28Cl2N4O3. The Hall–Kier alpha value is -2.19. The number of amides is 2. The van der Waals surface area contributed by atoms with Crippen LogP contribution in [0.4, 0.5) is 5.69 Å². The lowest BCUT2D eigenvalue weighted by atomic mass is 9.78. The molecule has 0 bridgehead atoms. The van der Waals surface area contributed by atoms with E-state index in [-0.39, 0.29) is 36.6 Å². The number of aromatic nitrogens is 1. The van der Waals surface area contributed by atoms with Crippen molar-refractivity contribution >= 4 is 42.3 Å². The summed E-state index contributed by atoms with van der Waals surface area (Å²) in [6.45, 7) is 2.30. The van der Waals surface area contributed by atoms with Gasteiger partial charge in [-0.1, -0.05) is 12.1 Å². The second kappa shape index (κ2) is 12.5. The van der Waals surface area contributed by atoms with E-state index in [1.165, 1.54) is 0 Å². The third-order valence-corrected chi connectivity index (χ3v) is 5.00. The van der Waals surface area contributed by atoms with Gasteiger partial charge in [0.05, 0.1) is 24.3 Å². The Morgan fingerprint density at radius 1 is 1.13 bits per heavy atom. The molecule has 0 aliphatic carbocycles. The fraction of sp³-hybridized carbons (Fsp3) is 0.381. The number of hydrogen-bond donors (Lipinski definition) is 3. The highest BCUT2D eigenvalue weighted by molar-refractivity contribution is 5.98. The molecule has 0 saturated carbocycles. The molecule has 1 aliphatic heterocycles. The average Bonchev–Trinajstić information content (AvgIpc) is 2.74. The lowest BCUT2D eigenvalue weighted by molar-refractivity contribution is -0.130. The number of hydrogen-bond acceptors (Lipinski definition) is 5. The highest BCUT2D eigenvalue weighted by Crippen LogP contribution is 2.31. The zero-order valence-electron chi connectivity index (χ0n) is 16.8. The normalized spacial score (nSPS) is 14.6. The van der Waals surface area contributed by atoms with Crippen molar-refractivity contribution in [1.82, 2.24) is 15.6 Å². The van der Waals surface area contributed by atoms with Gasteiger partial charge in [-0.05, 0) is 56.3 Å². The molecule has 1 fully saturated rings. The van der Waals surface area contributed by atoms with Gasteiger partial charge >= 0.3 is 0 Å². The Labute approximate surface area is 189 Å². The van der Waals surface area contributed by atoms with E-state index in [2.05, 4.69) is 20.9 Å². The van der Waals surface area contributed by atoms with Crippen molar-refractivity contribution in [2.45, 2.75) is 19.4 Å². The molecule has 7 nitrogen and oxygen atoms in total. The van der Waals surface area contributed by atoms with Crippen molar-refractivity contribution in [3.63, 3.8) is 0 Å². The van der Waals surface area contributed by atoms with Gasteiger partial charge in [-0.2, -0.15) is 0 Å². The number of halogens is 2. The van der Waals surface area contributed by atoms with Crippen LogP contribution < -0.4 is 16.0 Å². The fourth-order valence-corrected chi connectivity index (χ4v) is 3.40. The molecule has 0 radical (unpaired) electrons. The standard InChI is InChI=1S/C21H26N4O3.2ClH/c1-28-15-21(8-11-22-12-9-21)20(27)25-17-7-4-5-16(13-17)19(26)24-14-18-6-2-3-10-23-18;;/h2-7,10,13,22H,8-9,11-12,14-15H2,1H3,(H,24,26)(H,25,27);2*1H. The maximum Gasteiger partial charge on any atom is 0.251 e. The molecule has 3 N–H and O–H groups in total. The summed E-state index contributed by atoms with van der Waals surface area (Å²) in [5, 5.41) is 9.09. The van der Waals surface area contributed by atoms with Crippen molar-refractivity contribution in [3.8, 4) is 0 Å². The third-order valence-electron chi connectivity index (χ3n) is 5.00. The highest BCUT2D eigenvalue weighted by atomic mass is 35.5. The molecular weight excluding hydrogens is 427 g/mol. The number of carbonyl (C=O) groups excluding carboxylic acids is 2. The van der Waals surface area contributed by atoms with Gasteiger partial charge in [-0.3, -0.25) is 14.6 Å². The Morgan fingerprint density at radius 2 is 1.90 bits per heavy atom. The number of carbonyl (C=O) groups is 2. The van der Waals surface area contributed by atoms with Gasteiger partial charge < -0.3 is 20.7 Å². The van der Waals surface area contributed by atoms with Crippen LogP contribution in [0.1, 0.15) is 28.9 Å². The van der Waals surface area contributed by atoms with Gasteiger partial charge in [0.25, 0.3) is 5.91 Å². The van der Waals surface area contributed by atoms with Crippen LogP contribution in [0.25, 0.3) is 0 Å². The number of nitrogens with zero attached hydrogens (tertiary/aromatic N) is 1. The minimum atomic E-state index is -0.544. The largest absolute Gasteiger partial charge is 0.384 e. The fourth-order valence-electron chi connectivity index (χ4n) is 3.40. The van der Waals surface area contributed by atoms with Crippen molar-refractivity contribution in [2.24, 2.45) is 5.41 Å². The smallest absolute Gasteiger partial charge is 0.251 e. The summed E-state index contributed by atoms with van der Waals surface area (Å²) in [6, 6.07) is 12.5. The molecule has 9 heteroatoms. The van der Waals surface area contributed by atoms with Gasteiger partial charge in [-0.15, -0.1) is 24.8 Å². The van der Waals surface area contributed by atoms with Gasteiger partial charge in [0.1, 0.15) is 0 Å². The van der Waals surface area contributed by atoms with E-state index in [1.807, 2.05) is 18.2 Å². The third kappa shape index (κ3) is 6.67. The molecule has 0 unspecified atom stereocenters. The molecule has 1 aliphatic rings. The van der Waals surface area contributed by atoms with Crippen molar-refractivity contribution in [3.05, 3.63) is 59.9 Å². The topological polar surface area (TPSA) is 92.3 Å². The highest BCUT2D eigenvalue weighted by Gasteiger charge is 2.39. The predicted octanol–water partition coefficient (Wildman–Crippen LogP) is 2.81. The van der Waals surface area contributed by atoms with E-state index in [4.69, 9.17) is 4.74 Å². The molecule has 30 heavy (non-hydrogen) atoms. The summed E-state index contributed by atoms with van der Waals surface area (Å²) in [5.74, 6) is -0.280. The second-order valence-corrected chi connectivity index (χ2v) is 7.00. The molecule has 2 aromatic rings. The Bertz CT molecular complexity index is 809. The molecule has 2 amide bonds. The summed E-state index contributed by atoms with van der Waals surface area (Å²) in [7, 11) is 1.61. The lowest BCUT2D eigenvalue weighted by Crippen LogP contribution is -2.47. The number of nitrogens with one attached hydrogen (secondary N) is 3. The van der Waals surface area contributed by atoms with E-state index < -0.39 is 5.41 Å². The average molecular weight is 455 g/mol. The van der Waals surface area contributed by atoms with Gasteiger partial charge in [-0.25, -0.2) is 0 Å². The first-order chi connectivity index (χ1) is 13.6. The Kier molecular flexibility index (Phi) is 10.8. The number of pyridine rings is 1. The molecule has 1 aromatic heterocycles. The molecule has 2 heterocycles. The van der Waals surface area contributed by atoms with Crippen LogP contribution in [-0.4, -0.2) is 43.6 Å². The van der Waals surface area contributed by atoms with E-state index >= 15 is 0 Å². The number of ether oxygens (including phenoxy) is 1. The second-order valence-electron chi connectivity index (χ2n) is 7.00. The molecule has 3 rings (SSSR count). The minimum absolute atomic E-state index is 0. The Balaban J connectivity index is 0.00000225. The van der Waals surface area contributed by atoms with Crippen molar-refractivity contribution < 1.29 is 14.3 Å². The van der Waals surface area contributed by atoms with Crippen LogP contribution in [0.5, 0.6) is 0 Å². The zero-order valence-corrected chi connectivity index (χ0v) is 18.5. The Morgan fingerprint density at radius 3 is 2.57 bits per heavy atom. The lowest BCUT2D eigenvalue weighted by Gasteiger charge is -2.35. The maximum absolute atomic E-state index is 12.9. The van der Waals surface area contributed by atoms with Crippen LogP contribution in [0, 0.1) is 5.41 Å². The number of rotatable bonds is 7. The van der Waals surface area contributed by atoms with Crippen LogP contribution in [0.15, 0.2) is 48.7 Å². The molecule has 164 valence electrons. The summed E-state index contributed by atoms with van der Waals surface area (Å²) >= 11 is 0. The first-order valence-electron chi connectivity index (χ1n) is 9.42. The summed E-state index contributed by atoms with van der Waals surface area (Å²) < 4.78 is 5.32. The van der Waals surface area contributed by atoms with E-state index in [9.17, 15) is 9.59 Å². The van der Waals surface area contributed by atoms with E-state index in [1.54, 1.807) is 37.6 Å². The number of piperidine rings is 1. The minimum Gasteiger partial charge on any atom is -0.384 e. The SMILES string of the molecule is COCC1(C(=O)Nc2cccc(C(=O)NCc3ccccn3)c2)CCNCC1.Cl.Cl. The van der Waals surface area contributed by atoms with Crippen LogP contribution in [0.2, 0.25) is 0 Å². The number of benzene rings is 1. The van der Waals surface area contributed by atoms with Crippen LogP contribution in [-0.2, 0) is 16.1 Å². The predicted molar refractivity (Wildman–Crippen MR) is 121 cm³/mol. The van der Waals surface area contributed by atoms with Crippen LogP contribution >= 0.6 is 24.8 Å². The quantitative estimate of drug-likeness (QED) is 0.597. The number of anilines is 1. The van der Waals surface area contributed by atoms with Gasteiger partial charge in [0.15, 0.2) is 0 Å². The zero-order chi connectivity index (χ0) is 19.8. The maximum atomic E-state index is 12.9. The summed E-state index contributed by atoms with van der Waals surface area (Å²) in [4.78, 5) is 29.6. The van der Waals surface area contributed by atoms with Gasteiger partial charge in [0, 0.05) is 24.6 Å².